The molecule has 0 bridgehead atoms. The van der Waals surface area contributed by atoms with E-state index in [1.54, 1.807) is 0 Å². The molecule has 3 aromatic rings. The second-order valence-electron chi connectivity index (χ2n) is 8.84. The predicted octanol–water partition coefficient (Wildman–Crippen LogP) is 5.04. The molecule has 1 aliphatic heterocycles. The van der Waals surface area contributed by atoms with Crippen molar-refractivity contribution in [1.82, 2.24) is 0 Å². The van der Waals surface area contributed by atoms with Crippen LogP contribution in [0.3, 0.4) is 0 Å². The van der Waals surface area contributed by atoms with Crippen molar-refractivity contribution in [2.45, 2.75) is 56.7 Å². The molecule has 0 saturated carbocycles. The highest BCUT2D eigenvalue weighted by Gasteiger charge is 2.45. The minimum atomic E-state index is -0.384. The van der Waals surface area contributed by atoms with Crippen LogP contribution in [-0.2, 0) is 38.8 Å². The average molecular weight is 474 g/mol. The monoisotopic (exact) mass is 473 g/mol. The van der Waals surface area contributed by atoms with Crippen LogP contribution in [0, 0.1) is 0 Å². The van der Waals surface area contributed by atoms with Gasteiger partial charge < -0.3 is 24.7 Å². The number of ether oxygens (including phenoxy) is 4. The molecule has 4 rings (SSSR count). The average Bonchev–Trinajstić information content (AvgIpc) is 2.90. The van der Waals surface area contributed by atoms with E-state index >= 15 is 0 Å². The Morgan fingerprint density at radius 1 is 0.686 bits per heavy atom. The van der Waals surface area contributed by atoms with Gasteiger partial charge in [-0.15, -0.1) is 6.58 Å². The molecular formula is C30H35NO4. The second-order valence-corrected chi connectivity index (χ2v) is 8.84. The summed E-state index contributed by atoms with van der Waals surface area (Å²) in [6, 6.07) is 30.0. The number of hydrogen-bond acceptors (Lipinski definition) is 5. The smallest absolute Gasteiger partial charge is 0.114 e. The standard InChI is InChI=1S/C30H35NO4/c1-2-12-26-28(31)30(34-21-25-17-10-5-11-18-25)29(33-20-24-15-8-4-9-16-24)27(35-26)22-32-19-23-13-6-3-7-14-23/h2-11,13-18,26-30H,1,12,19-22,31H2/t26-,27?,28?,29+,30-/m0/s1. The molecule has 1 saturated heterocycles. The summed E-state index contributed by atoms with van der Waals surface area (Å²) in [6.07, 6.45) is 1.18. The molecule has 2 N–H and O–H groups in total. The largest absolute Gasteiger partial charge is 0.374 e. The minimum absolute atomic E-state index is 0.227. The molecule has 1 heterocycles. The first-order valence-corrected chi connectivity index (χ1v) is 12.2. The number of rotatable bonds is 12. The summed E-state index contributed by atoms with van der Waals surface area (Å²) < 4.78 is 25.4. The summed E-state index contributed by atoms with van der Waals surface area (Å²) in [4.78, 5) is 0. The first-order chi connectivity index (χ1) is 17.2. The summed E-state index contributed by atoms with van der Waals surface area (Å²) in [6.45, 7) is 5.65. The summed E-state index contributed by atoms with van der Waals surface area (Å²) in [5.41, 5.74) is 9.98. The quantitative estimate of drug-likeness (QED) is 0.373. The van der Waals surface area contributed by atoms with Crippen molar-refractivity contribution in [2.75, 3.05) is 6.61 Å². The lowest BCUT2D eigenvalue weighted by atomic mass is 9.91. The maximum atomic E-state index is 6.70. The van der Waals surface area contributed by atoms with E-state index in [2.05, 4.69) is 6.58 Å². The SMILES string of the molecule is C=CC[C@@H]1OC(COCc2ccccc2)[C@@H](OCc2ccccc2)[C@@H](OCc2ccccc2)C1N. The third-order valence-corrected chi connectivity index (χ3v) is 6.21. The van der Waals surface area contributed by atoms with Crippen LogP contribution in [0.5, 0.6) is 0 Å². The Morgan fingerprint density at radius 2 is 1.17 bits per heavy atom. The van der Waals surface area contributed by atoms with Gasteiger partial charge in [-0.05, 0) is 23.1 Å². The summed E-state index contributed by atoms with van der Waals surface area (Å²) >= 11 is 0. The van der Waals surface area contributed by atoms with Crippen molar-refractivity contribution in [2.24, 2.45) is 5.73 Å². The van der Waals surface area contributed by atoms with E-state index in [0.717, 1.165) is 16.7 Å². The van der Waals surface area contributed by atoms with Gasteiger partial charge in [0.15, 0.2) is 0 Å². The third-order valence-electron chi connectivity index (χ3n) is 6.21. The Hall–Kier alpha value is -2.80. The Balaban J connectivity index is 1.50. The molecule has 0 spiro atoms. The lowest BCUT2D eigenvalue weighted by molar-refractivity contribution is -0.227. The van der Waals surface area contributed by atoms with Crippen LogP contribution >= 0.6 is 0 Å². The van der Waals surface area contributed by atoms with Crippen molar-refractivity contribution in [1.29, 1.82) is 0 Å². The number of nitrogens with two attached hydrogens (primary N) is 1. The van der Waals surface area contributed by atoms with Crippen molar-refractivity contribution < 1.29 is 18.9 Å². The Bertz CT molecular complexity index is 999. The lowest BCUT2D eigenvalue weighted by Crippen LogP contribution is -2.63. The summed E-state index contributed by atoms with van der Waals surface area (Å²) in [5.74, 6) is 0. The first-order valence-electron chi connectivity index (χ1n) is 12.2. The molecule has 5 heteroatoms. The van der Waals surface area contributed by atoms with Gasteiger partial charge in [-0.25, -0.2) is 0 Å². The molecule has 184 valence electrons. The van der Waals surface area contributed by atoms with Gasteiger partial charge in [0.05, 0.1) is 38.6 Å². The van der Waals surface area contributed by atoms with Crippen LogP contribution in [0.1, 0.15) is 23.1 Å². The van der Waals surface area contributed by atoms with Gasteiger partial charge in [0.25, 0.3) is 0 Å². The molecule has 2 unspecified atom stereocenters. The van der Waals surface area contributed by atoms with Crippen molar-refractivity contribution in [3.8, 4) is 0 Å². The van der Waals surface area contributed by atoms with Crippen LogP contribution in [0.25, 0.3) is 0 Å². The van der Waals surface area contributed by atoms with Crippen molar-refractivity contribution in [3.05, 3.63) is 120 Å². The van der Waals surface area contributed by atoms with Gasteiger partial charge in [0, 0.05) is 0 Å². The number of benzene rings is 3. The van der Waals surface area contributed by atoms with E-state index < -0.39 is 0 Å². The maximum Gasteiger partial charge on any atom is 0.114 e. The first kappa shape index (κ1) is 25.3. The van der Waals surface area contributed by atoms with Gasteiger partial charge in [-0.1, -0.05) is 97.1 Å². The van der Waals surface area contributed by atoms with Crippen LogP contribution in [0.2, 0.25) is 0 Å². The zero-order chi connectivity index (χ0) is 24.3. The van der Waals surface area contributed by atoms with Crippen molar-refractivity contribution >= 4 is 0 Å². The fourth-order valence-corrected chi connectivity index (χ4v) is 4.35. The van der Waals surface area contributed by atoms with E-state index in [-0.39, 0.29) is 30.5 Å². The van der Waals surface area contributed by atoms with E-state index in [0.29, 0.717) is 32.8 Å². The van der Waals surface area contributed by atoms with E-state index in [1.165, 1.54) is 0 Å². The maximum absolute atomic E-state index is 6.70. The Kier molecular flexibility index (Phi) is 9.64. The van der Waals surface area contributed by atoms with Crippen LogP contribution < -0.4 is 5.73 Å². The fourth-order valence-electron chi connectivity index (χ4n) is 4.35. The van der Waals surface area contributed by atoms with E-state index in [4.69, 9.17) is 24.7 Å². The molecular weight excluding hydrogens is 438 g/mol. The predicted molar refractivity (Wildman–Crippen MR) is 138 cm³/mol. The summed E-state index contributed by atoms with van der Waals surface area (Å²) in [7, 11) is 0. The highest BCUT2D eigenvalue weighted by molar-refractivity contribution is 5.15. The Morgan fingerprint density at radius 3 is 1.69 bits per heavy atom. The second kappa shape index (κ2) is 13.3. The molecule has 3 aromatic carbocycles. The minimum Gasteiger partial charge on any atom is -0.374 e. The van der Waals surface area contributed by atoms with Gasteiger partial charge in [0.1, 0.15) is 18.3 Å². The van der Waals surface area contributed by atoms with Gasteiger partial charge >= 0.3 is 0 Å². The van der Waals surface area contributed by atoms with E-state index in [9.17, 15) is 0 Å². The molecule has 1 aliphatic rings. The third kappa shape index (κ3) is 7.34. The molecule has 0 aromatic heterocycles. The molecule has 5 nitrogen and oxygen atoms in total. The Labute approximate surface area is 208 Å². The van der Waals surface area contributed by atoms with Crippen LogP contribution in [0.4, 0.5) is 0 Å². The fraction of sp³-hybridized carbons (Fsp3) is 0.333. The van der Waals surface area contributed by atoms with Gasteiger partial charge in [-0.3, -0.25) is 0 Å². The molecule has 0 radical (unpaired) electrons. The highest BCUT2D eigenvalue weighted by Crippen LogP contribution is 2.29. The number of hydrogen-bond donors (Lipinski definition) is 1. The molecule has 1 fully saturated rings. The van der Waals surface area contributed by atoms with Crippen LogP contribution in [-0.4, -0.2) is 37.1 Å². The zero-order valence-corrected chi connectivity index (χ0v) is 20.1. The zero-order valence-electron chi connectivity index (χ0n) is 20.1. The summed E-state index contributed by atoms with van der Waals surface area (Å²) in [5, 5.41) is 0. The molecule has 5 atom stereocenters. The van der Waals surface area contributed by atoms with Gasteiger partial charge in [0.2, 0.25) is 0 Å². The normalized spacial score (nSPS) is 24.2. The van der Waals surface area contributed by atoms with E-state index in [1.807, 2.05) is 97.1 Å². The van der Waals surface area contributed by atoms with Crippen LogP contribution in [0.15, 0.2) is 104 Å². The topological polar surface area (TPSA) is 62.9 Å². The lowest BCUT2D eigenvalue weighted by Gasteiger charge is -2.45. The van der Waals surface area contributed by atoms with Gasteiger partial charge in [-0.2, -0.15) is 0 Å². The molecule has 0 aliphatic carbocycles. The molecule has 35 heavy (non-hydrogen) atoms. The van der Waals surface area contributed by atoms with Crippen molar-refractivity contribution in [3.63, 3.8) is 0 Å². The highest BCUT2D eigenvalue weighted by atomic mass is 16.6. The molecule has 0 amide bonds.